The standard InChI is InChI=1S/C14H17N5/c1-19-9-6-12(18-19)5-8-17-13-2-3-14(16)11(10-13)4-7-15/h2-3,6,9-10,17H,4-5,8,16H2,1H3. The van der Waals surface area contributed by atoms with Crippen molar-refractivity contribution in [2.24, 2.45) is 7.05 Å². The van der Waals surface area contributed by atoms with Gasteiger partial charge < -0.3 is 11.1 Å². The Kier molecular flexibility index (Phi) is 4.04. The molecule has 19 heavy (non-hydrogen) atoms. The number of hydrogen-bond acceptors (Lipinski definition) is 4. The molecule has 5 heteroatoms. The Hall–Kier alpha value is -2.48. The first kappa shape index (κ1) is 13.0. The lowest BCUT2D eigenvalue weighted by molar-refractivity contribution is 0.742. The lowest BCUT2D eigenvalue weighted by atomic mass is 10.1. The first-order valence-electron chi connectivity index (χ1n) is 6.17. The van der Waals surface area contributed by atoms with Crippen LogP contribution in [0, 0.1) is 11.3 Å². The Morgan fingerprint density at radius 3 is 2.95 bits per heavy atom. The van der Waals surface area contributed by atoms with E-state index in [4.69, 9.17) is 11.0 Å². The minimum absolute atomic E-state index is 0.335. The van der Waals surface area contributed by atoms with Crippen molar-refractivity contribution in [3.63, 3.8) is 0 Å². The summed E-state index contributed by atoms with van der Waals surface area (Å²) in [5.41, 5.74) is 9.38. The zero-order chi connectivity index (χ0) is 13.7. The summed E-state index contributed by atoms with van der Waals surface area (Å²) in [7, 11) is 1.91. The summed E-state index contributed by atoms with van der Waals surface area (Å²) >= 11 is 0. The largest absolute Gasteiger partial charge is 0.398 e. The highest BCUT2D eigenvalue weighted by atomic mass is 15.2. The molecule has 0 aliphatic carbocycles. The van der Waals surface area contributed by atoms with Gasteiger partial charge in [-0.3, -0.25) is 4.68 Å². The van der Waals surface area contributed by atoms with E-state index in [1.165, 1.54) is 0 Å². The third-order valence-electron chi connectivity index (χ3n) is 2.89. The average Bonchev–Trinajstić information content (AvgIpc) is 2.79. The molecule has 2 rings (SSSR count). The molecule has 5 nitrogen and oxygen atoms in total. The Morgan fingerprint density at radius 1 is 1.42 bits per heavy atom. The van der Waals surface area contributed by atoms with Gasteiger partial charge in [0.25, 0.3) is 0 Å². The molecule has 0 saturated carbocycles. The van der Waals surface area contributed by atoms with Gasteiger partial charge in [0.05, 0.1) is 18.2 Å². The van der Waals surface area contributed by atoms with Crippen LogP contribution >= 0.6 is 0 Å². The fourth-order valence-corrected chi connectivity index (χ4v) is 1.89. The summed E-state index contributed by atoms with van der Waals surface area (Å²) in [6, 6.07) is 9.80. The van der Waals surface area contributed by atoms with E-state index >= 15 is 0 Å². The smallest absolute Gasteiger partial charge is 0.0670 e. The molecule has 0 fully saturated rings. The molecule has 0 bridgehead atoms. The minimum Gasteiger partial charge on any atom is -0.398 e. The Labute approximate surface area is 112 Å². The molecule has 2 aromatic rings. The van der Waals surface area contributed by atoms with Gasteiger partial charge in [0.1, 0.15) is 0 Å². The van der Waals surface area contributed by atoms with Crippen molar-refractivity contribution in [3.8, 4) is 6.07 Å². The fraction of sp³-hybridized carbons (Fsp3) is 0.286. The Bertz CT molecular complexity index is 594. The number of nitriles is 1. The summed E-state index contributed by atoms with van der Waals surface area (Å²) in [5, 5.41) is 16.4. The minimum atomic E-state index is 0.335. The van der Waals surface area contributed by atoms with Crippen molar-refractivity contribution < 1.29 is 0 Å². The molecular weight excluding hydrogens is 238 g/mol. The van der Waals surface area contributed by atoms with Gasteiger partial charge in [-0.05, 0) is 29.8 Å². The maximum atomic E-state index is 8.73. The molecule has 1 aromatic carbocycles. The lowest BCUT2D eigenvalue weighted by Crippen LogP contribution is -2.06. The van der Waals surface area contributed by atoms with Crippen LogP contribution in [-0.2, 0) is 19.9 Å². The van der Waals surface area contributed by atoms with E-state index in [2.05, 4.69) is 16.5 Å². The normalized spacial score (nSPS) is 10.1. The molecule has 1 heterocycles. The average molecular weight is 255 g/mol. The van der Waals surface area contributed by atoms with E-state index in [1.54, 1.807) is 4.68 Å². The molecule has 3 N–H and O–H groups in total. The molecular formula is C14H17N5. The van der Waals surface area contributed by atoms with Crippen LogP contribution in [0.4, 0.5) is 11.4 Å². The molecule has 98 valence electrons. The molecule has 0 aliphatic heterocycles. The van der Waals surface area contributed by atoms with Crippen LogP contribution in [0.15, 0.2) is 30.5 Å². The van der Waals surface area contributed by atoms with Gasteiger partial charge in [0, 0.05) is 37.6 Å². The van der Waals surface area contributed by atoms with Crippen LogP contribution < -0.4 is 11.1 Å². The predicted molar refractivity (Wildman–Crippen MR) is 75.6 cm³/mol. The van der Waals surface area contributed by atoms with Gasteiger partial charge in [-0.15, -0.1) is 0 Å². The van der Waals surface area contributed by atoms with Crippen LogP contribution in [0.5, 0.6) is 0 Å². The Morgan fingerprint density at radius 2 is 2.26 bits per heavy atom. The van der Waals surface area contributed by atoms with E-state index in [0.717, 1.165) is 29.9 Å². The van der Waals surface area contributed by atoms with Gasteiger partial charge in [0.15, 0.2) is 0 Å². The van der Waals surface area contributed by atoms with E-state index in [9.17, 15) is 0 Å². The molecule has 0 radical (unpaired) electrons. The number of nitrogens with zero attached hydrogens (tertiary/aromatic N) is 3. The lowest BCUT2D eigenvalue weighted by Gasteiger charge is -2.08. The number of nitrogens with one attached hydrogen (secondary N) is 1. The SMILES string of the molecule is Cn1ccc(CCNc2ccc(N)c(CC#N)c2)n1. The molecule has 0 unspecified atom stereocenters. The van der Waals surface area contributed by atoms with Crippen molar-refractivity contribution in [1.82, 2.24) is 9.78 Å². The second-order valence-electron chi connectivity index (χ2n) is 4.41. The van der Waals surface area contributed by atoms with Crippen molar-refractivity contribution in [2.45, 2.75) is 12.8 Å². The molecule has 0 aliphatic rings. The van der Waals surface area contributed by atoms with Crippen molar-refractivity contribution in [2.75, 3.05) is 17.6 Å². The zero-order valence-corrected chi connectivity index (χ0v) is 10.9. The number of benzene rings is 1. The number of aromatic nitrogens is 2. The summed E-state index contributed by atoms with van der Waals surface area (Å²) in [6.45, 7) is 0.799. The molecule has 0 atom stereocenters. The Balaban J connectivity index is 1.92. The zero-order valence-electron chi connectivity index (χ0n) is 10.9. The molecule has 1 aromatic heterocycles. The summed E-state index contributed by atoms with van der Waals surface area (Å²) in [4.78, 5) is 0. The van der Waals surface area contributed by atoms with Crippen molar-refractivity contribution in [1.29, 1.82) is 5.26 Å². The topological polar surface area (TPSA) is 79.7 Å². The first-order valence-corrected chi connectivity index (χ1v) is 6.17. The molecule has 0 amide bonds. The maximum absolute atomic E-state index is 8.73. The van der Waals surface area contributed by atoms with Gasteiger partial charge in [-0.1, -0.05) is 0 Å². The van der Waals surface area contributed by atoms with Crippen molar-refractivity contribution >= 4 is 11.4 Å². The maximum Gasteiger partial charge on any atom is 0.0670 e. The van der Waals surface area contributed by atoms with Crippen LogP contribution in [0.3, 0.4) is 0 Å². The quantitative estimate of drug-likeness (QED) is 0.797. The van der Waals surface area contributed by atoms with E-state index < -0.39 is 0 Å². The van der Waals surface area contributed by atoms with Crippen LogP contribution in [0.25, 0.3) is 0 Å². The third-order valence-corrected chi connectivity index (χ3v) is 2.89. The highest BCUT2D eigenvalue weighted by Gasteiger charge is 2.01. The summed E-state index contributed by atoms with van der Waals surface area (Å²) in [5.74, 6) is 0. The first-order chi connectivity index (χ1) is 9.19. The second kappa shape index (κ2) is 5.91. The highest BCUT2D eigenvalue weighted by Crippen LogP contribution is 2.18. The predicted octanol–water partition coefficient (Wildman–Crippen LogP) is 1.72. The highest BCUT2D eigenvalue weighted by molar-refractivity contribution is 5.58. The number of nitrogen functional groups attached to an aromatic ring is 1. The van der Waals surface area contributed by atoms with E-state index in [-0.39, 0.29) is 0 Å². The number of aryl methyl sites for hydroxylation is 1. The number of hydrogen-bond donors (Lipinski definition) is 2. The monoisotopic (exact) mass is 255 g/mol. The second-order valence-corrected chi connectivity index (χ2v) is 4.41. The number of nitrogens with two attached hydrogens (primary N) is 1. The number of anilines is 2. The van der Waals surface area contributed by atoms with Gasteiger partial charge in [-0.2, -0.15) is 10.4 Å². The van der Waals surface area contributed by atoms with E-state index in [1.807, 2.05) is 37.5 Å². The summed E-state index contributed by atoms with van der Waals surface area (Å²) in [6.07, 6.45) is 3.13. The molecule has 0 saturated heterocycles. The molecule has 0 spiro atoms. The fourth-order valence-electron chi connectivity index (χ4n) is 1.89. The van der Waals surface area contributed by atoms with Crippen LogP contribution in [0.1, 0.15) is 11.3 Å². The van der Waals surface area contributed by atoms with Gasteiger partial charge in [0.2, 0.25) is 0 Å². The summed E-state index contributed by atoms with van der Waals surface area (Å²) < 4.78 is 1.80. The van der Waals surface area contributed by atoms with E-state index in [0.29, 0.717) is 12.1 Å². The van der Waals surface area contributed by atoms with Gasteiger partial charge in [-0.25, -0.2) is 0 Å². The van der Waals surface area contributed by atoms with Crippen LogP contribution in [0.2, 0.25) is 0 Å². The van der Waals surface area contributed by atoms with Crippen LogP contribution in [-0.4, -0.2) is 16.3 Å². The van der Waals surface area contributed by atoms with Crippen molar-refractivity contribution in [3.05, 3.63) is 41.7 Å². The third kappa shape index (κ3) is 3.49. The number of rotatable bonds is 5. The van der Waals surface area contributed by atoms with Gasteiger partial charge >= 0.3 is 0 Å².